The van der Waals surface area contributed by atoms with Crippen molar-refractivity contribution in [2.75, 3.05) is 18.1 Å². The van der Waals surface area contributed by atoms with Crippen molar-refractivity contribution in [3.8, 4) is 0 Å². The fourth-order valence-electron chi connectivity index (χ4n) is 1.70. The van der Waals surface area contributed by atoms with Gasteiger partial charge in [-0.25, -0.2) is 4.79 Å². The molecule has 18 heavy (non-hydrogen) atoms. The van der Waals surface area contributed by atoms with Gasteiger partial charge in [0, 0.05) is 30.9 Å². The van der Waals surface area contributed by atoms with Crippen LogP contribution in [0.25, 0.3) is 0 Å². The largest absolute Gasteiger partial charge is 0.479 e. The first-order valence-electron chi connectivity index (χ1n) is 5.61. The van der Waals surface area contributed by atoms with Gasteiger partial charge in [0.05, 0.1) is 0 Å². The van der Waals surface area contributed by atoms with Gasteiger partial charge in [0.25, 0.3) is 0 Å². The summed E-state index contributed by atoms with van der Waals surface area (Å²) in [5, 5.41) is 9.18. The van der Waals surface area contributed by atoms with Crippen LogP contribution in [0.3, 0.4) is 0 Å². The number of hydrogen-bond acceptors (Lipinski definition) is 5. The zero-order valence-electron chi connectivity index (χ0n) is 10.6. The standard InChI is InChI=1S/C11H17NO4S2/c1-7(6-17-8(2)13)9(14)12-4-5-18-11(12,3)10(15)16/h7H,4-6H2,1-3H3,(H,15,16)/t7-,11+/m1/s1. The predicted octanol–water partition coefficient (Wildman–Crippen LogP) is 1.28. The number of carboxylic acid groups (broad SMARTS) is 1. The minimum atomic E-state index is -1.17. The summed E-state index contributed by atoms with van der Waals surface area (Å²) < 4.78 is 0. The molecule has 0 aromatic carbocycles. The van der Waals surface area contributed by atoms with Crippen LogP contribution in [0.5, 0.6) is 0 Å². The van der Waals surface area contributed by atoms with Crippen molar-refractivity contribution in [1.82, 2.24) is 4.90 Å². The average molecular weight is 291 g/mol. The molecule has 0 aromatic heterocycles. The molecule has 102 valence electrons. The molecular weight excluding hydrogens is 274 g/mol. The number of thioether (sulfide) groups is 2. The van der Waals surface area contributed by atoms with Crippen molar-refractivity contribution in [2.45, 2.75) is 25.6 Å². The summed E-state index contributed by atoms with van der Waals surface area (Å²) in [7, 11) is 0. The maximum atomic E-state index is 12.2. The van der Waals surface area contributed by atoms with E-state index >= 15 is 0 Å². The Morgan fingerprint density at radius 3 is 2.61 bits per heavy atom. The van der Waals surface area contributed by atoms with Crippen LogP contribution in [-0.2, 0) is 14.4 Å². The number of hydrogen-bond donors (Lipinski definition) is 1. The van der Waals surface area contributed by atoms with Gasteiger partial charge in [-0.1, -0.05) is 18.7 Å². The average Bonchev–Trinajstić information content (AvgIpc) is 2.68. The van der Waals surface area contributed by atoms with Crippen LogP contribution in [-0.4, -0.2) is 49.9 Å². The Kier molecular flexibility index (Phi) is 5.10. The molecule has 0 bridgehead atoms. The lowest BCUT2D eigenvalue weighted by atomic mass is 10.1. The summed E-state index contributed by atoms with van der Waals surface area (Å²) >= 11 is 2.36. The Morgan fingerprint density at radius 1 is 1.50 bits per heavy atom. The van der Waals surface area contributed by atoms with Crippen LogP contribution in [0.1, 0.15) is 20.8 Å². The highest BCUT2D eigenvalue weighted by Crippen LogP contribution is 2.36. The maximum absolute atomic E-state index is 12.2. The Hall–Kier alpha value is -0.690. The lowest BCUT2D eigenvalue weighted by Gasteiger charge is -2.32. The number of rotatable bonds is 4. The van der Waals surface area contributed by atoms with Gasteiger partial charge in [-0.05, 0) is 6.92 Å². The molecule has 0 spiro atoms. The minimum absolute atomic E-state index is 0.0357. The Labute approximate surface area is 115 Å². The molecule has 1 aliphatic heterocycles. The van der Waals surface area contributed by atoms with Crippen LogP contribution in [0.2, 0.25) is 0 Å². The van der Waals surface area contributed by atoms with E-state index in [1.165, 1.54) is 23.6 Å². The molecule has 0 aliphatic carbocycles. The summed E-state index contributed by atoms with van der Waals surface area (Å²) in [6.45, 7) is 5.18. The topological polar surface area (TPSA) is 74.7 Å². The summed E-state index contributed by atoms with van der Waals surface area (Å²) in [5.74, 6) is -0.522. The highest BCUT2D eigenvalue weighted by atomic mass is 32.2. The van der Waals surface area contributed by atoms with E-state index in [9.17, 15) is 19.5 Å². The van der Waals surface area contributed by atoms with E-state index in [0.717, 1.165) is 11.8 Å². The Bertz CT molecular complexity index is 374. The van der Waals surface area contributed by atoms with Crippen molar-refractivity contribution in [2.24, 2.45) is 5.92 Å². The van der Waals surface area contributed by atoms with Crippen molar-refractivity contribution in [1.29, 1.82) is 0 Å². The van der Waals surface area contributed by atoms with Gasteiger partial charge >= 0.3 is 5.97 Å². The molecule has 0 radical (unpaired) electrons. The van der Waals surface area contributed by atoms with Gasteiger partial charge in [-0.3, -0.25) is 9.59 Å². The first kappa shape index (κ1) is 15.4. The van der Waals surface area contributed by atoms with E-state index in [1.54, 1.807) is 13.8 Å². The second-order valence-corrected chi connectivity index (χ2v) is 7.02. The third kappa shape index (κ3) is 3.20. The van der Waals surface area contributed by atoms with E-state index in [0.29, 0.717) is 18.1 Å². The number of carboxylic acids is 1. The molecule has 7 heteroatoms. The molecule has 1 N–H and O–H groups in total. The molecule has 1 fully saturated rings. The number of amides is 1. The summed E-state index contributed by atoms with van der Waals surface area (Å²) in [6.07, 6.45) is 0. The third-order valence-electron chi connectivity index (χ3n) is 2.83. The van der Waals surface area contributed by atoms with Crippen LogP contribution in [0, 0.1) is 5.92 Å². The first-order valence-corrected chi connectivity index (χ1v) is 7.58. The highest BCUT2D eigenvalue weighted by molar-refractivity contribution is 8.13. The molecule has 0 unspecified atom stereocenters. The van der Waals surface area contributed by atoms with Gasteiger partial charge < -0.3 is 10.0 Å². The van der Waals surface area contributed by atoms with Gasteiger partial charge in [0.15, 0.2) is 9.99 Å². The zero-order chi connectivity index (χ0) is 13.9. The Balaban J connectivity index is 2.71. The molecule has 1 aliphatic rings. The molecule has 1 rings (SSSR count). The number of nitrogens with zero attached hydrogens (tertiary/aromatic N) is 1. The predicted molar refractivity (Wildman–Crippen MR) is 72.5 cm³/mol. The summed E-state index contributed by atoms with van der Waals surface area (Å²) in [5.41, 5.74) is 0. The molecule has 1 amide bonds. The second-order valence-electron chi connectivity index (χ2n) is 4.33. The molecule has 2 atom stereocenters. The number of carbonyl (C=O) groups is 3. The normalized spacial score (nSPS) is 24.9. The molecule has 1 heterocycles. The van der Waals surface area contributed by atoms with E-state index in [4.69, 9.17) is 0 Å². The van der Waals surface area contributed by atoms with Gasteiger partial charge in [-0.15, -0.1) is 11.8 Å². The highest BCUT2D eigenvalue weighted by Gasteiger charge is 2.47. The summed E-state index contributed by atoms with van der Waals surface area (Å²) in [6, 6.07) is 0. The number of carbonyl (C=O) groups excluding carboxylic acids is 2. The van der Waals surface area contributed by atoms with Gasteiger partial charge in [0.1, 0.15) is 0 Å². The van der Waals surface area contributed by atoms with Crippen molar-refractivity contribution in [3.05, 3.63) is 0 Å². The van der Waals surface area contributed by atoms with E-state index in [1.807, 2.05) is 0 Å². The van der Waals surface area contributed by atoms with Gasteiger partial charge in [-0.2, -0.15) is 0 Å². The second kappa shape index (κ2) is 5.97. The molecule has 5 nitrogen and oxygen atoms in total. The van der Waals surface area contributed by atoms with Crippen LogP contribution in [0.4, 0.5) is 0 Å². The molecule has 0 saturated carbocycles. The van der Waals surface area contributed by atoms with E-state index < -0.39 is 10.8 Å². The lowest BCUT2D eigenvalue weighted by molar-refractivity contribution is -0.152. The SMILES string of the molecule is CC(=O)SC[C@@H](C)C(=O)N1CCS[C@@]1(C)C(=O)O. The minimum Gasteiger partial charge on any atom is -0.479 e. The van der Waals surface area contributed by atoms with Crippen molar-refractivity contribution < 1.29 is 19.5 Å². The van der Waals surface area contributed by atoms with E-state index in [-0.39, 0.29) is 16.9 Å². The smallest absolute Gasteiger partial charge is 0.340 e. The fourth-order valence-corrected chi connectivity index (χ4v) is 3.46. The van der Waals surface area contributed by atoms with Crippen LogP contribution >= 0.6 is 23.5 Å². The summed E-state index contributed by atoms with van der Waals surface area (Å²) in [4.78, 5) is 34.6. The molecule has 0 aromatic rings. The lowest BCUT2D eigenvalue weighted by Crippen LogP contribution is -2.51. The quantitative estimate of drug-likeness (QED) is 0.841. The van der Waals surface area contributed by atoms with Crippen LogP contribution < -0.4 is 0 Å². The van der Waals surface area contributed by atoms with E-state index in [2.05, 4.69) is 0 Å². The zero-order valence-corrected chi connectivity index (χ0v) is 12.3. The van der Waals surface area contributed by atoms with Crippen LogP contribution in [0.15, 0.2) is 0 Å². The monoisotopic (exact) mass is 291 g/mol. The van der Waals surface area contributed by atoms with Crippen molar-refractivity contribution in [3.63, 3.8) is 0 Å². The third-order valence-corrected chi connectivity index (χ3v) is 5.25. The molecule has 1 saturated heterocycles. The first-order chi connectivity index (χ1) is 8.29. The van der Waals surface area contributed by atoms with Crippen molar-refractivity contribution >= 4 is 40.5 Å². The Morgan fingerprint density at radius 2 is 2.11 bits per heavy atom. The van der Waals surface area contributed by atoms with Gasteiger partial charge in [0.2, 0.25) is 5.91 Å². The fraction of sp³-hybridized carbons (Fsp3) is 0.727. The molecular formula is C11H17NO4S2. The maximum Gasteiger partial charge on any atom is 0.340 e. The number of aliphatic carboxylic acids is 1.